The Labute approximate surface area is 160 Å². The number of hydrogen-bond acceptors (Lipinski definition) is 2. The summed E-state index contributed by atoms with van der Waals surface area (Å²) in [4.78, 5) is 5.63. The van der Waals surface area contributed by atoms with Crippen molar-refractivity contribution >= 4 is 41.3 Å². The average Bonchev–Trinajstić information content (AvgIpc) is 3.05. The van der Waals surface area contributed by atoms with Crippen molar-refractivity contribution < 1.29 is 0 Å². The zero-order valence-electron chi connectivity index (χ0n) is 14.2. The number of halogens is 1. The van der Waals surface area contributed by atoms with E-state index in [1.54, 1.807) is 11.3 Å². The van der Waals surface area contributed by atoms with E-state index in [2.05, 4.69) is 78.2 Å². The molecule has 0 fully saturated rings. The Morgan fingerprint density at radius 2 is 2.00 bits per heavy atom. The van der Waals surface area contributed by atoms with E-state index in [4.69, 9.17) is 0 Å². The molecule has 1 aromatic carbocycles. The predicted molar refractivity (Wildman–Crippen MR) is 112 cm³/mol. The molecule has 0 bridgehead atoms. The molecule has 3 nitrogen and oxygen atoms in total. The molecule has 0 radical (unpaired) electrons. The minimum Gasteiger partial charge on any atom is -0.356 e. The van der Waals surface area contributed by atoms with Gasteiger partial charge in [-0.15, -0.1) is 35.3 Å². The van der Waals surface area contributed by atoms with Gasteiger partial charge in [-0.2, -0.15) is 0 Å². The lowest BCUT2D eigenvalue weighted by molar-refractivity contribution is 0.663. The van der Waals surface area contributed by atoms with Crippen molar-refractivity contribution in [2.75, 3.05) is 13.6 Å². The molecule has 0 spiro atoms. The molecule has 2 atom stereocenters. The molecule has 2 unspecified atom stereocenters. The van der Waals surface area contributed by atoms with E-state index in [1.807, 2.05) is 7.05 Å². The molecule has 0 amide bonds. The van der Waals surface area contributed by atoms with Crippen molar-refractivity contribution in [1.82, 2.24) is 10.6 Å². The second kappa shape index (κ2) is 9.93. The minimum atomic E-state index is 0. The molecule has 2 rings (SSSR count). The van der Waals surface area contributed by atoms with Crippen LogP contribution in [0.2, 0.25) is 0 Å². The van der Waals surface area contributed by atoms with Gasteiger partial charge in [-0.1, -0.05) is 42.8 Å². The number of aliphatic imine (C=N–C) groups is 1. The smallest absolute Gasteiger partial charge is 0.191 e. The third kappa shape index (κ3) is 6.14. The summed E-state index contributed by atoms with van der Waals surface area (Å²) < 4.78 is 0. The first-order chi connectivity index (χ1) is 10.6. The number of hydrogen-bond donors (Lipinski definition) is 2. The third-order valence-corrected chi connectivity index (χ3v) is 4.79. The molecule has 126 valence electrons. The standard InChI is InChI=1S/C18H25N3S.HI/c1-13-7-5-8-16(11-13)14(2)12-20-18(19-4)21-15(3)17-9-6-10-22-17;/h5-11,14-15H,12H2,1-4H3,(H2,19,20,21);1H. The number of thiophene rings is 1. The first-order valence-corrected chi connectivity index (χ1v) is 8.55. The van der Waals surface area contributed by atoms with E-state index < -0.39 is 0 Å². The van der Waals surface area contributed by atoms with E-state index in [9.17, 15) is 0 Å². The van der Waals surface area contributed by atoms with Gasteiger partial charge in [0.05, 0.1) is 6.04 Å². The van der Waals surface area contributed by atoms with Crippen molar-refractivity contribution in [3.63, 3.8) is 0 Å². The zero-order valence-corrected chi connectivity index (χ0v) is 17.3. The summed E-state index contributed by atoms with van der Waals surface area (Å²) in [7, 11) is 1.81. The van der Waals surface area contributed by atoms with Crippen molar-refractivity contribution in [3.8, 4) is 0 Å². The fourth-order valence-corrected chi connectivity index (χ4v) is 3.09. The van der Waals surface area contributed by atoms with Crippen LogP contribution >= 0.6 is 35.3 Å². The van der Waals surface area contributed by atoms with Crippen molar-refractivity contribution in [2.45, 2.75) is 32.7 Å². The Hall–Kier alpha value is -1.08. The lowest BCUT2D eigenvalue weighted by atomic mass is 9.99. The SMILES string of the molecule is CN=C(NCC(C)c1cccc(C)c1)NC(C)c1cccs1.I. The highest BCUT2D eigenvalue weighted by atomic mass is 127. The van der Waals surface area contributed by atoms with Crippen LogP contribution < -0.4 is 10.6 Å². The van der Waals surface area contributed by atoms with Crippen LogP contribution in [-0.4, -0.2) is 19.6 Å². The average molecular weight is 443 g/mol. The highest BCUT2D eigenvalue weighted by molar-refractivity contribution is 14.0. The fraction of sp³-hybridized carbons (Fsp3) is 0.389. The molecule has 2 aromatic rings. The Morgan fingerprint density at radius 3 is 2.61 bits per heavy atom. The van der Waals surface area contributed by atoms with Crippen LogP contribution in [0.5, 0.6) is 0 Å². The lowest BCUT2D eigenvalue weighted by Crippen LogP contribution is -2.40. The summed E-state index contributed by atoms with van der Waals surface area (Å²) in [6.07, 6.45) is 0. The molecule has 5 heteroatoms. The van der Waals surface area contributed by atoms with Gasteiger partial charge in [-0.05, 0) is 36.8 Å². The van der Waals surface area contributed by atoms with Crippen molar-refractivity contribution in [1.29, 1.82) is 0 Å². The molecule has 0 saturated heterocycles. The quantitative estimate of drug-likeness (QED) is 0.399. The van der Waals surface area contributed by atoms with Crippen LogP contribution in [0.15, 0.2) is 46.8 Å². The molecular formula is C18H26IN3S. The molecule has 1 heterocycles. The van der Waals surface area contributed by atoms with Gasteiger partial charge in [-0.3, -0.25) is 4.99 Å². The van der Waals surface area contributed by atoms with Gasteiger partial charge < -0.3 is 10.6 Å². The number of nitrogens with one attached hydrogen (secondary N) is 2. The molecule has 1 aromatic heterocycles. The van der Waals surface area contributed by atoms with Crippen LogP contribution in [0.25, 0.3) is 0 Å². The zero-order chi connectivity index (χ0) is 15.9. The van der Waals surface area contributed by atoms with Gasteiger partial charge in [-0.25, -0.2) is 0 Å². The van der Waals surface area contributed by atoms with Crippen LogP contribution in [0, 0.1) is 6.92 Å². The largest absolute Gasteiger partial charge is 0.356 e. The number of benzene rings is 1. The maximum absolute atomic E-state index is 4.32. The number of rotatable bonds is 5. The molecule has 0 aliphatic rings. The van der Waals surface area contributed by atoms with Crippen LogP contribution in [0.3, 0.4) is 0 Å². The highest BCUT2D eigenvalue weighted by Crippen LogP contribution is 2.18. The Balaban J connectivity index is 0.00000264. The fourth-order valence-electron chi connectivity index (χ4n) is 2.35. The molecule has 23 heavy (non-hydrogen) atoms. The molecule has 2 N–H and O–H groups in total. The Morgan fingerprint density at radius 1 is 1.22 bits per heavy atom. The van der Waals surface area contributed by atoms with Gasteiger partial charge in [0.1, 0.15) is 0 Å². The van der Waals surface area contributed by atoms with Gasteiger partial charge >= 0.3 is 0 Å². The summed E-state index contributed by atoms with van der Waals surface area (Å²) in [6, 6.07) is 13.2. The van der Waals surface area contributed by atoms with Crippen molar-refractivity contribution in [2.24, 2.45) is 4.99 Å². The first kappa shape index (κ1) is 20.0. The topological polar surface area (TPSA) is 36.4 Å². The Bertz CT molecular complexity index is 610. The van der Waals surface area contributed by atoms with E-state index in [0.29, 0.717) is 5.92 Å². The number of nitrogens with zero attached hydrogens (tertiary/aromatic N) is 1. The van der Waals surface area contributed by atoms with Crippen LogP contribution in [-0.2, 0) is 0 Å². The summed E-state index contributed by atoms with van der Waals surface area (Å²) in [5.41, 5.74) is 2.66. The van der Waals surface area contributed by atoms with Gasteiger partial charge in [0.25, 0.3) is 0 Å². The normalized spacial score (nSPS) is 13.8. The van der Waals surface area contributed by atoms with E-state index in [1.165, 1.54) is 16.0 Å². The molecular weight excluding hydrogens is 417 g/mol. The van der Waals surface area contributed by atoms with E-state index in [0.717, 1.165) is 12.5 Å². The first-order valence-electron chi connectivity index (χ1n) is 7.67. The second-order valence-corrected chi connectivity index (χ2v) is 6.63. The summed E-state index contributed by atoms with van der Waals surface area (Å²) >= 11 is 1.76. The number of guanidine groups is 1. The van der Waals surface area contributed by atoms with E-state index in [-0.39, 0.29) is 30.0 Å². The second-order valence-electron chi connectivity index (χ2n) is 5.65. The molecule has 0 aliphatic heterocycles. The van der Waals surface area contributed by atoms with E-state index >= 15 is 0 Å². The molecule has 0 aliphatic carbocycles. The van der Waals surface area contributed by atoms with Gasteiger partial charge in [0.15, 0.2) is 5.96 Å². The molecule has 0 saturated carbocycles. The van der Waals surface area contributed by atoms with Crippen LogP contribution in [0.4, 0.5) is 0 Å². The lowest BCUT2D eigenvalue weighted by Gasteiger charge is -2.19. The maximum atomic E-state index is 4.32. The number of aryl methyl sites for hydroxylation is 1. The highest BCUT2D eigenvalue weighted by Gasteiger charge is 2.10. The van der Waals surface area contributed by atoms with Crippen molar-refractivity contribution in [3.05, 3.63) is 57.8 Å². The summed E-state index contributed by atoms with van der Waals surface area (Å²) in [6.45, 7) is 7.38. The summed E-state index contributed by atoms with van der Waals surface area (Å²) in [5.74, 6) is 1.29. The Kier molecular flexibility index (Phi) is 8.62. The van der Waals surface area contributed by atoms with Gasteiger partial charge in [0.2, 0.25) is 0 Å². The summed E-state index contributed by atoms with van der Waals surface area (Å²) in [5, 5.41) is 8.96. The predicted octanol–water partition coefficient (Wildman–Crippen LogP) is 4.70. The van der Waals surface area contributed by atoms with Crippen LogP contribution in [0.1, 0.15) is 41.8 Å². The maximum Gasteiger partial charge on any atom is 0.191 e. The third-order valence-electron chi connectivity index (χ3n) is 3.73. The van der Waals surface area contributed by atoms with Gasteiger partial charge in [0, 0.05) is 18.5 Å². The minimum absolute atomic E-state index is 0. The monoisotopic (exact) mass is 443 g/mol.